The number of esters is 1. The molecule has 7 nitrogen and oxygen atoms in total. The first-order valence-electron chi connectivity index (χ1n) is 7.88. The second-order valence-electron chi connectivity index (χ2n) is 7.15. The molecule has 2 aliphatic rings. The smallest absolute Gasteiger partial charge is 0.341 e. The van der Waals surface area contributed by atoms with Gasteiger partial charge in [0.25, 0.3) is 11.8 Å². The van der Waals surface area contributed by atoms with Gasteiger partial charge in [-0.15, -0.1) is 11.3 Å². The highest BCUT2D eigenvalue weighted by Gasteiger charge is 2.49. The van der Waals surface area contributed by atoms with E-state index in [0.29, 0.717) is 5.00 Å². The Balaban J connectivity index is 1.93. The van der Waals surface area contributed by atoms with E-state index in [9.17, 15) is 14.4 Å². The lowest BCUT2D eigenvalue weighted by atomic mass is 9.91. The number of nitrogens with two attached hydrogens (primary N) is 1. The molecule has 2 N–H and O–H groups in total. The van der Waals surface area contributed by atoms with Crippen LogP contribution in [-0.4, -0.2) is 40.4 Å². The van der Waals surface area contributed by atoms with Crippen LogP contribution in [0.1, 0.15) is 31.2 Å². The monoisotopic (exact) mass is 364 g/mol. The molecule has 2 aliphatic heterocycles. The molecule has 1 unspecified atom stereocenters. The lowest BCUT2D eigenvalue weighted by molar-refractivity contribution is -0.190. The summed E-state index contributed by atoms with van der Waals surface area (Å²) in [5.74, 6) is -1.53. The number of carbonyl (C=O) groups is 3. The molecular weight excluding hydrogens is 344 g/mol. The summed E-state index contributed by atoms with van der Waals surface area (Å²) in [4.78, 5) is 38.8. The normalized spacial score (nSPS) is 23.1. The van der Waals surface area contributed by atoms with Crippen LogP contribution in [0.3, 0.4) is 0 Å². The van der Waals surface area contributed by atoms with E-state index >= 15 is 0 Å². The topological polar surface area (TPSA) is 98.9 Å². The van der Waals surface area contributed by atoms with Crippen LogP contribution in [0.4, 0.5) is 5.00 Å². The van der Waals surface area contributed by atoms with E-state index in [2.05, 4.69) is 0 Å². The Bertz CT molecular complexity index is 758. The molecule has 0 spiro atoms. The molecule has 0 radical (unpaired) electrons. The first-order valence-corrected chi connectivity index (χ1v) is 8.69. The van der Waals surface area contributed by atoms with Crippen LogP contribution >= 0.6 is 11.3 Å². The Morgan fingerprint density at radius 3 is 2.60 bits per heavy atom. The van der Waals surface area contributed by atoms with Crippen LogP contribution < -0.4 is 5.73 Å². The number of carbonyl (C=O) groups excluding carboxylic acids is 3. The second-order valence-corrected chi connectivity index (χ2v) is 8.32. The van der Waals surface area contributed by atoms with Crippen molar-refractivity contribution in [2.24, 2.45) is 0 Å². The summed E-state index contributed by atoms with van der Waals surface area (Å²) < 4.78 is 11.4. The minimum Gasteiger partial charge on any atom is -0.458 e. The van der Waals surface area contributed by atoms with Crippen LogP contribution in [0, 0.1) is 0 Å². The highest BCUT2D eigenvalue weighted by atomic mass is 32.1. The number of nitrogen functional groups attached to an aromatic ring is 1. The molecule has 3 rings (SSSR count). The van der Waals surface area contributed by atoms with Gasteiger partial charge in [-0.25, -0.2) is 4.79 Å². The van der Waals surface area contributed by atoms with Gasteiger partial charge in [0.15, 0.2) is 5.60 Å². The molecule has 25 heavy (non-hydrogen) atoms. The Labute approximate surface area is 149 Å². The Morgan fingerprint density at radius 1 is 1.36 bits per heavy atom. The average Bonchev–Trinajstić information content (AvgIpc) is 3.00. The molecule has 1 atom stereocenters. The number of amides is 2. The number of rotatable bonds is 3. The molecule has 1 aromatic rings. The van der Waals surface area contributed by atoms with Gasteiger partial charge in [0.2, 0.25) is 0 Å². The molecule has 0 aromatic carbocycles. The van der Waals surface area contributed by atoms with E-state index in [-0.39, 0.29) is 19.6 Å². The molecule has 0 saturated carbocycles. The lowest BCUT2D eigenvalue weighted by Crippen LogP contribution is -2.57. The quantitative estimate of drug-likeness (QED) is 0.643. The van der Waals surface area contributed by atoms with Gasteiger partial charge >= 0.3 is 5.97 Å². The summed E-state index contributed by atoms with van der Waals surface area (Å²) in [6.45, 7) is 5.25. The minimum atomic E-state index is -1.44. The number of nitrogens with zero attached hydrogens (tertiary/aromatic N) is 1. The van der Waals surface area contributed by atoms with Crippen molar-refractivity contribution >= 4 is 34.1 Å². The van der Waals surface area contributed by atoms with Crippen molar-refractivity contribution in [3.05, 3.63) is 28.7 Å². The van der Waals surface area contributed by atoms with Gasteiger partial charge in [-0.3, -0.25) is 14.5 Å². The first-order chi connectivity index (χ1) is 11.6. The predicted molar refractivity (Wildman–Crippen MR) is 91.7 cm³/mol. The van der Waals surface area contributed by atoms with Gasteiger partial charge in [-0.1, -0.05) is 0 Å². The molecule has 2 amide bonds. The van der Waals surface area contributed by atoms with Crippen molar-refractivity contribution in [1.29, 1.82) is 0 Å². The van der Waals surface area contributed by atoms with Crippen LogP contribution in [0.5, 0.6) is 0 Å². The second kappa shape index (κ2) is 5.96. The fraction of sp³-hybridized carbons (Fsp3) is 0.471. The molecular formula is C17H20N2O5S. The van der Waals surface area contributed by atoms with Gasteiger partial charge < -0.3 is 15.2 Å². The standard InChI is InChI=1S/C17H20N2O5S/c1-16(2,3)24-15(22)17(9-19-13(20)4-5-14(19)21)7-10-6-12(18)25-11(10)8-23-17/h4-6H,7-9,18H2,1-3H3. The number of hydrogen-bond acceptors (Lipinski definition) is 7. The fourth-order valence-corrected chi connectivity index (χ4v) is 3.70. The zero-order valence-electron chi connectivity index (χ0n) is 14.3. The van der Waals surface area contributed by atoms with E-state index < -0.39 is 29.0 Å². The SMILES string of the molecule is CC(C)(C)OC(=O)C1(CN2C(=O)C=CC2=O)Cc2cc(N)sc2CO1. The van der Waals surface area contributed by atoms with Gasteiger partial charge in [0.05, 0.1) is 18.2 Å². The molecule has 0 saturated heterocycles. The van der Waals surface area contributed by atoms with Gasteiger partial charge in [0.1, 0.15) is 5.60 Å². The van der Waals surface area contributed by atoms with Gasteiger partial charge in [-0.2, -0.15) is 0 Å². The van der Waals surface area contributed by atoms with Gasteiger partial charge in [0, 0.05) is 23.5 Å². The van der Waals surface area contributed by atoms with Crippen LogP contribution in [-0.2, 0) is 36.9 Å². The maximum absolute atomic E-state index is 12.9. The summed E-state index contributed by atoms with van der Waals surface area (Å²) >= 11 is 1.40. The number of fused-ring (bicyclic) bond motifs is 1. The van der Waals surface area contributed by atoms with E-state index in [1.807, 2.05) is 0 Å². The van der Waals surface area contributed by atoms with Crippen molar-refractivity contribution in [3.63, 3.8) is 0 Å². The summed E-state index contributed by atoms with van der Waals surface area (Å²) in [7, 11) is 0. The predicted octanol–water partition coefficient (Wildman–Crippen LogP) is 1.41. The zero-order chi connectivity index (χ0) is 18.4. The molecule has 0 bridgehead atoms. The van der Waals surface area contributed by atoms with E-state index in [0.717, 1.165) is 15.3 Å². The Kier molecular flexibility index (Phi) is 4.20. The molecule has 0 aliphatic carbocycles. The van der Waals surface area contributed by atoms with Crippen LogP contribution in [0.25, 0.3) is 0 Å². The van der Waals surface area contributed by atoms with E-state index in [1.54, 1.807) is 26.8 Å². The molecule has 0 fully saturated rings. The summed E-state index contributed by atoms with van der Waals surface area (Å²) in [5, 5.41) is 0.628. The largest absolute Gasteiger partial charge is 0.458 e. The van der Waals surface area contributed by atoms with Gasteiger partial charge in [-0.05, 0) is 32.4 Å². The maximum atomic E-state index is 12.9. The Morgan fingerprint density at radius 2 is 2.00 bits per heavy atom. The molecule has 3 heterocycles. The van der Waals surface area contributed by atoms with Crippen LogP contribution in [0.15, 0.2) is 18.2 Å². The molecule has 134 valence electrons. The fourth-order valence-electron chi connectivity index (χ4n) is 2.83. The Hall–Kier alpha value is -2.19. The maximum Gasteiger partial charge on any atom is 0.341 e. The highest BCUT2D eigenvalue weighted by Crippen LogP contribution is 2.37. The number of imide groups is 1. The average molecular weight is 364 g/mol. The number of hydrogen-bond donors (Lipinski definition) is 1. The third-order valence-corrected chi connectivity index (χ3v) is 4.94. The van der Waals surface area contributed by atoms with Crippen LogP contribution in [0.2, 0.25) is 0 Å². The van der Waals surface area contributed by atoms with Crippen molar-refractivity contribution in [1.82, 2.24) is 4.90 Å². The number of ether oxygens (including phenoxy) is 2. The zero-order valence-corrected chi connectivity index (χ0v) is 15.1. The third-order valence-electron chi connectivity index (χ3n) is 3.96. The molecule has 1 aromatic heterocycles. The summed E-state index contributed by atoms with van der Waals surface area (Å²) in [6, 6.07) is 1.80. The highest BCUT2D eigenvalue weighted by molar-refractivity contribution is 7.16. The number of anilines is 1. The van der Waals surface area contributed by atoms with E-state index in [1.165, 1.54) is 23.5 Å². The van der Waals surface area contributed by atoms with E-state index in [4.69, 9.17) is 15.2 Å². The summed E-state index contributed by atoms with van der Waals surface area (Å²) in [5.41, 5.74) is 4.57. The van der Waals surface area contributed by atoms with Crippen molar-refractivity contribution < 1.29 is 23.9 Å². The first kappa shape index (κ1) is 17.6. The summed E-state index contributed by atoms with van der Waals surface area (Å²) in [6.07, 6.45) is 2.56. The molecule has 8 heteroatoms. The van der Waals surface area contributed by atoms with Crippen molar-refractivity contribution in [2.45, 2.75) is 45.0 Å². The lowest BCUT2D eigenvalue weighted by Gasteiger charge is -2.38. The van der Waals surface area contributed by atoms with Crippen molar-refractivity contribution in [2.75, 3.05) is 12.3 Å². The minimum absolute atomic E-state index is 0.181. The number of thiophene rings is 1. The third kappa shape index (κ3) is 3.45. The van der Waals surface area contributed by atoms with Crippen molar-refractivity contribution in [3.8, 4) is 0 Å².